The molecule has 0 bridgehead atoms. The third-order valence-corrected chi connectivity index (χ3v) is 5.81. The fourth-order valence-electron chi connectivity index (χ4n) is 3.28. The summed E-state index contributed by atoms with van der Waals surface area (Å²) < 4.78 is 6.60. The molecule has 2 aromatic carbocycles. The Balaban J connectivity index is 1.50. The first kappa shape index (κ1) is 22.2. The van der Waals surface area contributed by atoms with Crippen molar-refractivity contribution in [3.05, 3.63) is 75.7 Å². The summed E-state index contributed by atoms with van der Waals surface area (Å²) in [6.07, 6.45) is 2.80. The molecule has 1 amide bonds. The van der Waals surface area contributed by atoms with Crippen LogP contribution in [0, 0.1) is 6.92 Å². The molecular formula is C24H22N4O4S. The van der Waals surface area contributed by atoms with Crippen LogP contribution in [-0.2, 0) is 11.3 Å². The van der Waals surface area contributed by atoms with E-state index in [-0.39, 0.29) is 17.9 Å². The molecule has 8 nitrogen and oxygen atoms in total. The van der Waals surface area contributed by atoms with Gasteiger partial charge in [-0.1, -0.05) is 29.8 Å². The highest BCUT2D eigenvalue weighted by atomic mass is 32.1. The van der Waals surface area contributed by atoms with Gasteiger partial charge in [0.05, 0.1) is 24.5 Å². The van der Waals surface area contributed by atoms with Gasteiger partial charge in [0, 0.05) is 10.9 Å². The number of nitrogens with zero attached hydrogens (tertiary/aromatic N) is 3. The number of ether oxygens (including phenoxy) is 1. The van der Waals surface area contributed by atoms with Gasteiger partial charge in [0.15, 0.2) is 11.5 Å². The van der Waals surface area contributed by atoms with Gasteiger partial charge >= 0.3 is 0 Å². The molecule has 2 heterocycles. The van der Waals surface area contributed by atoms with E-state index in [1.165, 1.54) is 34.5 Å². The van der Waals surface area contributed by atoms with Crippen molar-refractivity contribution < 1.29 is 14.6 Å². The third kappa shape index (κ3) is 4.93. The van der Waals surface area contributed by atoms with E-state index in [0.29, 0.717) is 28.1 Å². The molecule has 0 unspecified atom stereocenters. The summed E-state index contributed by atoms with van der Waals surface area (Å²) in [6.45, 7) is 4.01. The van der Waals surface area contributed by atoms with E-state index in [1.807, 2.05) is 43.5 Å². The molecule has 0 aliphatic carbocycles. The normalized spacial score (nSPS) is 11.2. The predicted molar refractivity (Wildman–Crippen MR) is 129 cm³/mol. The van der Waals surface area contributed by atoms with Gasteiger partial charge in [-0.15, -0.1) is 11.3 Å². The van der Waals surface area contributed by atoms with E-state index in [2.05, 4.69) is 15.5 Å². The number of hydrazone groups is 1. The van der Waals surface area contributed by atoms with Crippen LogP contribution in [0.3, 0.4) is 0 Å². The molecular weight excluding hydrogens is 440 g/mol. The number of carbonyl (C=O) groups is 1. The number of aromatic nitrogens is 2. The topological polar surface area (TPSA) is 106 Å². The van der Waals surface area contributed by atoms with Crippen LogP contribution in [0.1, 0.15) is 18.1 Å². The van der Waals surface area contributed by atoms with Crippen LogP contribution < -0.4 is 15.7 Å². The van der Waals surface area contributed by atoms with Gasteiger partial charge in [-0.25, -0.2) is 10.4 Å². The maximum Gasteiger partial charge on any atom is 0.263 e. The number of carbonyl (C=O) groups excluding carboxylic acids is 1. The number of thiophene rings is 1. The molecule has 2 N–H and O–H groups in total. The van der Waals surface area contributed by atoms with Crippen molar-refractivity contribution in [1.29, 1.82) is 0 Å². The Kier molecular flexibility index (Phi) is 6.50. The third-order valence-electron chi connectivity index (χ3n) is 4.92. The molecule has 9 heteroatoms. The maximum atomic E-state index is 13.1. The highest BCUT2D eigenvalue weighted by molar-refractivity contribution is 7.17. The molecule has 168 valence electrons. The summed E-state index contributed by atoms with van der Waals surface area (Å²) in [5.41, 5.74) is 5.63. The number of benzene rings is 2. The number of fused-ring (bicyclic) bond motifs is 1. The van der Waals surface area contributed by atoms with Crippen LogP contribution in [-0.4, -0.2) is 33.4 Å². The summed E-state index contributed by atoms with van der Waals surface area (Å²) >= 11 is 1.40. The summed E-state index contributed by atoms with van der Waals surface area (Å²) in [4.78, 5) is 30.4. The van der Waals surface area contributed by atoms with E-state index in [0.717, 1.165) is 16.7 Å². The van der Waals surface area contributed by atoms with E-state index >= 15 is 0 Å². The van der Waals surface area contributed by atoms with E-state index < -0.39 is 5.91 Å². The van der Waals surface area contributed by atoms with Crippen molar-refractivity contribution >= 4 is 33.7 Å². The molecule has 4 aromatic rings. The average Bonchev–Trinajstić information content (AvgIpc) is 3.23. The van der Waals surface area contributed by atoms with Crippen LogP contribution in [0.5, 0.6) is 11.5 Å². The second-order valence-corrected chi connectivity index (χ2v) is 8.18. The Hall–Kier alpha value is -3.98. The minimum absolute atomic E-state index is 0.0266. The molecule has 0 fully saturated rings. The van der Waals surface area contributed by atoms with Gasteiger partial charge in [0.1, 0.15) is 11.4 Å². The highest BCUT2D eigenvalue weighted by Crippen LogP contribution is 2.30. The summed E-state index contributed by atoms with van der Waals surface area (Å²) in [5.74, 6) is -0.108. The Labute approximate surface area is 193 Å². The Morgan fingerprint density at radius 2 is 2.06 bits per heavy atom. The smallest absolute Gasteiger partial charge is 0.263 e. The number of nitrogens with one attached hydrogen (secondary N) is 1. The van der Waals surface area contributed by atoms with E-state index in [4.69, 9.17) is 4.74 Å². The number of aromatic hydroxyl groups is 1. The molecule has 0 radical (unpaired) electrons. The molecule has 4 rings (SSSR count). The van der Waals surface area contributed by atoms with Crippen LogP contribution >= 0.6 is 11.3 Å². The summed E-state index contributed by atoms with van der Waals surface area (Å²) in [6, 6.07) is 12.7. The fourth-order valence-corrected chi connectivity index (χ4v) is 4.18. The Bertz CT molecular complexity index is 1390. The van der Waals surface area contributed by atoms with E-state index in [9.17, 15) is 14.7 Å². The number of amides is 1. The number of phenolic OH excluding ortho intramolecular Hbond substituents is 1. The molecule has 0 saturated carbocycles. The molecule has 0 saturated heterocycles. The molecule has 0 aliphatic rings. The molecule has 0 spiro atoms. The molecule has 33 heavy (non-hydrogen) atoms. The number of hydrogen-bond acceptors (Lipinski definition) is 7. The minimum Gasteiger partial charge on any atom is -0.504 e. The lowest BCUT2D eigenvalue weighted by Crippen LogP contribution is -2.30. The molecule has 2 aromatic heterocycles. The van der Waals surface area contributed by atoms with Crippen molar-refractivity contribution in [2.45, 2.75) is 20.4 Å². The molecule has 0 aliphatic heterocycles. The van der Waals surface area contributed by atoms with Gasteiger partial charge in [0.25, 0.3) is 11.5 Å². The van der Waals surface area contributed by atoms with Crippen molar-refractivity contribution in [3.63, 3.8) is 0 Å². The predicted octanol–water partition coefficient (Wildman–Crippen LogP) is 3.69. The largest absolute Gasteiger partial charge is 0.504 e. The molecule has 0 atom stereocenters. The second-order valence-electron chi connectivity index (χ2n) is 7.33. The SMILES string of the molecule is CCOc1cc(/C=N\NC(=O)Cn2cnc3scc(-c4ccc(C)cc4)c3c2=O)ccc1O. The standard InChI is InChI=1S/C24H22N4O4S/c1-3-32-20-10-16(6-9-19(20)29)11-26-27-21(30)12-28-14-25-23-22(24(28)31)18(13-33-23)17-7-4-15(2)5-8-17/h4-11,13-14,29H,3,12H2,1-2H3,(H,27,30)/b26-11-. The first-order valence-electron chi connectivity index (χ1n) is 10.3. The number of rotatable bonds is 7. The van der Waals surface area contributed by atoms with Crippen molar-refractivity contribution in [1.82, 2.24) is 15.0 Å². The lowest BCUT2D eigenvalue weighted by Gasteiger charge is -2.06. The van der Waals surface area contributed by atoms with Gasteiger partial charge < -0.3 is 9.84 Å². The zero-order valence-electron chi connectivity index (χ0n) is 18.1. The van der Waals surface area contributed by atoms with Crippen LogP contribution in [0.2, 0.25) is 0 Å². The zero-order chi connectivity index (χ0) is 23.4. The Morgan fingerprint density at radius 3 is 2.82 bits per heavy atom. The van der Waals surface area contributed by atoms with E-state index in [1.54, 1.807) is 12.1 Å². The number of aryl methyl sites for hydroxylation is 1. The van der Waals surface area contributed by atoms with Gasteiger partial charge in [0.2, 0.25) is 0 Å². The van der Waals surface area contributed by atoms with Gasteiger partial charge in [-0.05, 0) is 43.2 Å². The zero-order valence-corrected chi connectivity index (χ0v) is 18.9. The fraction of sp³-hybridized carbons (Fsp3) is 0.167. The van der Waals surface area contributed by atoms with Gasteiger partial charge in [-0.2, -0.15) is 5.10 Å². The quantitative estimate of drug-likeness (QED) is 0.322. The van der Waals surface area contributed by atoms with Crippen molar-refractivity contribution in [3.8, 4) is 22.6 Å². The van der Waals surface area contributed by atoms with Crippen molar-refractivity contribution in [2.24, 2.45) is 5.10 Å². The van der Waals surface area contributed by atoms with Crippen LogP contribution in [0.15, 0.2) is 64.1 Å². The Morgan fingerprint density at radius 1 is 1.27 bits per heavy atom. The first-order valence-corrected chi connectivity index (χ1v) is 11.2. The summed E-state index contributed by atoms with van der Waals surface area (Å²) in [7, 11) is 0. The first-order chi connectivity index (χ1) is 16.0. The maximum absolute atomic E-state index is 13.1. The monoisotopic (exact) mass is 462 g/mol. The average molecular weight is 463 g/mol. The minimum atomic E-state index is -0.467. The second kappa shape index (κ2) is 9.66. The number of phenols is 1. The van der Waals surface area contributed by atoms with Crippen LogP contribution in [0.4, 0.5) is 0 Å². The lowest BCUT2D eigenvalue weighted by molar-refractivity contribution is -0.121. The van der Waals surface area contributed by atoms with Crippen LogP contribution in [0.25, 0.3) is 21.3 Å². The highest BCUT2D eigenvalue weighted by Gasteiger charge is 2.14. The summed E-state index contributed by atoms with van der Waals surface area (Å²) in [5, 5.41) is 16.1. The lowest BCUT2D eigenvalue weighted by atomic mass is 10.1. The number of hydrogen-bond donors (Lipinski definition) is 2. The van der Waals surface area contributed by atoms with Crippen molar-refractivity contribution in [2.75, 3.05) is 6.61 Å². The van der Waals surface area contributed by atoms with Gasteiger partial charge in [-0.3, -0.25) is 14.2 Å².